The van der Waals surface area contributed by atoms with Crippen LogP contribution in [0.25, 0.3) is 11.3 Å². The molecule has 0 aliphatic carbocycles. The summed E-state index contributed by atoms with van der Waals surface area (Å²) in [7, 11) is 3.12. The zero-order valence-electron chi connectivity index (χ0n) is 14.3. The number of methoxy groups -OCH3 is 2. The van der Waals surface area contributed by atoms with E-state index >= 15 is 0 Å². The van der Waals surface area contributed by atoms with Crippen molar-refractivity contribution in [2.75, 3.05) is 20.8 Å². The number of benzene rings is 1. The number of carbonyl (C=O) groups is 1. The van der Waals surface area contributed by atoms with E-state index in [0.717, 1.165) is 5.56 Å². The Morgan fingerprint density at radius 2 is 2.00 bits per heavy atom. The van der Waals surface area contributed by atoms with E-state index < -0.39 is 0 Å². The Morgan fingerprint density at radius 3 is 2.58 bits per heavy atom. The van der Waals surface area contributed by atoms with Gasteiger partial charge in [-0.25, -0.2) is 0 Å². The fraction of sp³-hybridized carbons (Fsp3) is 0.412. The van der Waals surface area contributed by atoms with Crippen molar-refractivity contribution >= 4 is 5.91 Å². The van der Waals surface area contributed by atoms with Crippen molar-refractivity contribution in [3.05, 3.63) is 30.0 Å². The highest BCUT2D eigenvalue weighted by Gasteiger charge is 2.21. The maximum absolute atomic E-state index is 12.5. The molecule has 0 fully saturated rings. The van der Waals surface area contributed by atoms with Crippen LogP contribution in [0.15, 0.2) is 24.4 Å². The Balaban J connectivity index is 2.32. The highest BCUT2D eigenvalue weighted by Crippen LogP contribution is 2.32. The van der Waals surface area contributed by atoms with Crippen LogP contribution < -0.4 is 14.8 Å². The van der Waals surface area contributed by atoms with Crippen LogP contribution in [0, 0.1) is 5.92 Å². The molecule has 0 aliphatic rings. The molecule has 2 aromatic rings. The Morgan fingerprint density at radius 1 is 1.29 bits per heavy atom. The number of H-pyrrole nitrogens is 1. The van der Waals surface area contributed by atoms with Crippen molar-refractivity contribution in [1.82, 2.24) is 15.5 Å². The number of nitrogens with one attached hydrogen (secondary N) is 2. The highest BCUT2D eigenvalue weighted by atomic mass is 16.5. The third-order valence-corrected chi connectivity index (χ3v) is 3.87. The Bertz CT molecular complexity index is 697. The molecule has 7 nitrogen and oxygen atoms in total. The molecular formula is C17H23N3O4. The lowest BCUT2D eigenvalue weighted by Crippen LogP contribution is -2.41. The Kier molecular flexibility index (Phi) is 5.81. The number of hydrogen-bond donors (Lipinski definition) is 3. The largest absolute Gasteiger partial charge is 0.493 e. The molecule has 3 N–H and O–H groups in total. The molecule has 0 saturated carbocycles. The average molecular weight is 333 g/mol. The number of aliphatic hydroxyl groups is 1. The normalized spacial score (nSPS) is 12.1. The predicted molar refractivity (Wildman–Crippen MR) is 90.3 cm³/mol. The van der Waals surface area contributed by atoms with Gasteiger partial charge in [-0.15, -0.1) is 0 Å². The van der Waals surface area contributed by atoms with Crippen LogP contribution in [-0.4, -0.2) is 48.1 Å². The average Bonchev–Trinajstić information content (AvgIpc) is 3.08. The van der Waals surface area contributed by atoms with E-state index in [1.54, 1.807) is 26.4 Å². The van der Waals surface area contributed by atoms with E-state index in [1.807, 2.05) is 19.9 Å². The van der Waals surface area contributed by atoms with Gasteiger partial charge < -0.3 is 19.9 Å². The van der Waals surface area contributed by atoms with Gasteiger partial charge in [-0.3, -0.25) is 9.89 Å². The van der Waals surface area contributed by atoms with E-state index in [9.17, 15) is 9.90 Å². The van der Waals surface area contributed by atoms with Gasteiger partial charge in [-0.05, 0) is 24.1 Å². The second kappa shape index (κ2) is 7.83. The number of aromatic amines is 1. The number of nitrogens with zero attached hydrogens (tertiary/aromatic N) is 1. The summed E-state index contributed by atoms with van der Waals surface area (Å²) in [6.45, 7) is 3.75. The minimum atomic E-state index is -0.314. The van der Waals surface area contributed by atoms with Crippen LogP contribution in [0.3, 0.4) is 0 Å². The number of carbonyl (C=O) groups excluding carboxylic acids is 1. The van der Waals surface area contributed by atoms with E-state index in [0.29, 0.717) is 22.8 Å². The lowest BCUT2D eigenvalue weighted by Gasteiger charge is -2.19. The number of ether oxygens (including phenoxy) is 2. The zero-order valence-corrected chi connectivity index (χ0v) is 14.3. The topological polar surface area (TPSA) is 96.5 Å². The van der Waals surface area contributed by atoms with Crippen LogP contribution in [0.5, 0.6) is 11.5 Å². The fourth-order valence-electron chi connectivity index (χ4n) is 2.34. The summed E-state index contributed by atoms with van der Waals surface area (Å²) in [4.78, 5) is 12.5. The Hall–Kier alpha value is -2.54. The van der Waals surface area contributed by atoms with Gasteiger partial charge in [0.2, 0.25) is 0 Å². The first kappa shape index (κ1) is 17.8. The number of rotatable bonds is 7. The number of aromatic nitrogens is 2. The first-order chi connectivity index (χ1) is 11.5. The molecule has 0 aliphatic heterocycles. The highest BCUT2D eigenvalue weighted by molar-refractivity contribution is 6.00. The summed E-state index contributed by atoms with van der Waals surface area (Å²) in [5.41, 5.74) is 1.73. The molecule has 1 aromatic carbocycles. The Labute approximate surface area is 141 Å². The van der Waals surface area contributed by atoms with E-state index in [1.165, 1.54) is 6.20 Å². The summed E-state index contributed by atoms with van der Waals surface area (Å²) < 4.78 is 10.5. The lowest BCUT2D eigenvalue weighted by molar-refractivity contribution is 0.0897. The van der Waals surface area contributed by atoms with E-state index in [4.69, 9.17) is 9.47 Å². The van der Waals surface area contributed by atoms with Gasteiger partial charge >= 0.3 is 0 Å². The van der Waals surface area contributed by atoms with Crippen molar-refractivity contribution < 1.29 is 19.4 Å². The summed E-state index contributed by atoms with van der Waals surface area (Å²) in [6.07, 6.45) is 1.47. The molecular weight excluding hydrogens is 310 g/mol. The van der Waals surface area contributed by atoms with Crippen molar-refractivity contribution in [2.24, 2.45) is 5.92 Å². The SMILES string of the molecule is COc1ccc(-c2[nH]ncc2C(=O)N[C@H](CO)C(C)C)cc1OC. The molecule has 2 rings (SSSR count). The van der Waals surface area contributed by atoms with Crippen LogP contribution in [-0.2, 0) is 0 Å². The first-order valence-corrected chi connectivity index (χ1v) is 7.69. The van der Waals surface area contributed by atoms with Gasteiger partial charge in [0.25, 0.3) is 5.91 Å². The summed E-state index contributed by atoms with van der Waals surface area (Å²) in [5, 5.41) is 19.0. The molecule has 0 bridgehead atoms. The maximum atomic E-state index is 12.5. The first-order valence-electron chi connectivity index (χ1n) is 7.69. The van der Waals surface area contributed by atoms with Gasteiger partial charge in [-0.1, -0.05) is 13.8 Å². The third kappa shape index (κ3) is 3.68. The molecule has 0 unspecified atom stereocenters. The molecule has 1 heterocycles. The summed E-state index contributed by atoms with van der Waals surface area (Å²) in [5.74, 6) is 0.995. The zero-order chi connectivity index (χ0) is 17.7. The molecule has 24 heavy (non-hydrogen) atoms. The van der Waals surface area contributed by atoms with Gasteiger partial charge in [0.05, 0.1) is 44.3 Å². The molecule has 0 saturated heterocycles. The van der Waals surface area contributed by atoms with Crippen molar-refractivity contribution in [3.8, 4) is 22.8 Å². The monoisotopic (exact) mass is 333 g/mol. The van der Waals surface area contributed by atoms with Crippen LogP contribution in [0.4, 0.5) is 0 Å². The summed E-state index contributed by atoms with van der Waals surface area (Å²) in [6, 6.07) is 5.04. The number of aliphatic hydroxyl groups excluding tert-OH is 1. The minimum Gasteiger partial charge on any atom is -0.493 e. The van der Waals surface area contributed by atoms with Crippen LogP contribution >= 0.6 is 0 Å². The second-order valence-electron chi connectivity index (χ2n) is 5.73. The van der Waals surface area contributed by atoms with Gasteiger partial charge in [0.15, 0.2) is 11.5 Å². The second-order valence-corrected chi connectivity index (χ2v) is 5.73. The predicted octanol–water partition coefficient (Wildman–Crippen LogP) is 1.84. The molecule has 1 aromatic heterocycles. The van der Waals surface area contributed by atoms with Crippen molar-refractivity contribution in [1.29, 1.82) is 0 Å². The lowest BCUT2D eigenvalue weighted by atomic mass is 10.0. The van der Waals surface area contributed by atoms with Gasteiger partial charge in [0.1, 0.15) is 0 Å². The maximum Gasteiger partial charge on any atom is 0.255 e. The molecule has 130 valence electrons. The fourth-order valence-corrected chi connectivity index (χ4v) is 2.34. The molecule has 1 amide bonds. The standard InChI is InChI=1S/C17H23N3O4/c1-10(2)13(9-21)19-17(22)12-8-18-20-16(12)11-5-6-14(23-3)15(7-11)24-4/h5-8,10,13,21H,9H2,1-4H3,(H,18,20)(H,19,22)/t13-/m1/s1. The number of amides is 1. The van der Waals surface area contributed by atoms with Crippen LogP contribution in [0.1, 0.15) is 24.2 Å². The van der Waals surface area contributed by atoms with Gasteiger partial charge in [0, 0.05) is 5.56 Å². The molecule has 0 spiro atoms. The molecule has 0 radical (unpaired) electrons. The molecule has 7 heteroatoms. The third-order valence-electron chi connectivity index (χ3n) is 3.87. The minimum absolute atomic E-state index is 0.118. The van der Waals surface area contributed by atoms with E-state index in [2.05, 4.69) is 15.5 Å². The molecule has 1 atom stereocenters. The quantitative estimate of drug-likeness (QED) is 0.718. The van der Waals surface area contributed by atoms with E-state index in [-0.39, 0.29) is 24.5 Å². The van der Waals surface area contributed by atoms with Crippen molar-refractivity contribution in [3.63, 3.8) is 0 Å². The van der Waals surface area contributed by atoms with Crippen molar-refractivity contribution in [2.45, 2.75) is 19.9 Å². The number of hydrogen-bond acceptors (Lipinski definition) is 5. The van der Waals surface area contributed by atoms with Crippen LogP contribution in [0.2, 0.25) is 0 Å². The smallest absolute Gasteiger partial charge is 0.255 e. The summed E-state index contributed by atoms with van der Waals surface area (Å²) >= 11 is 0. The van der Waals surface area contributed by atoms with Gasteiger partial charge in [-0.2, -0.15) is 5.10 Å².